The highest BCUT2D eigenvalue weighted by Crippen LogP contribution is 2.40. The van der Waals surface area contributed by atoms with E-state index in [1.807, 2.05) is 18.2 Å². The lowest BCUT2D eigenvalue weighted by molar-refractivity contribution is 0.0696. The molecule has 2 aliphatic rings. The molecular weight excluding hydrogens is 318 g/mol. The van der Waals surface area contributed by atoms with Gasteiger partial charge in [-0.05, 0) is 59.7 Å². The second kappa shape index (κ2) is 5.76. The van der Waals surface area contributed by atoms with Crippen LogP contribution in [0.4, 0.5) is 5.69 Å². The molecule has 0 spiro atoms. The molecule has 4 heteroatoms. The Morgan fingerprint density at radius 1 is 1.20 bits per heavy atom. The first-order valence-corrected chi connectivity index (χ1v) is 8.26. The number of rotatable bonds is 3. The van der Waals surface area contributed by atoms with Gasteiger partial charge in [0, 0.05) is 17.1 Å². The highest BCUT2D eigenvalue weighted by molar-refractivity contribution is 9.10. The second-order valence-electron chi connectivity index (χ2n) is 5.89. The maximum Gasteiger partial charge on any atom is 0.338 e. The van der Waals surface area contributed by atoms with Crippen LogP contribution in [0.25, 0.3) is 0 Å². The minimum atomic E-state index is -0.843. The molecule has 1 aromatic rings. The van der Waals surface area contributed by atoms with Gasteiger partial charge in [0.15, 0.2) is 0 Å². The van der Waals surface area contributed by atoms with Crippen LogP contribution in [0.2, 0.25) is 0 Å². The van der Waals surface area contributed by atoms with Crippen molar-refractivity contribution in [3.8, 4) is 0 Å². The van der Waals surface area contributed by atoms with E-state index in [9.17, 15) is 9.90 Å². The van der Waals surface area contributed by atoms with Crippen molar-refractivity contribution in [2.45, 2.75) is 44.6 Å². The molecule has 1 saturated carbocycles. The van der Waals surface area contributed by atoms with Crippen LogP contribution < -0.4 is 4.90 Å². The van der Waals surface area contributed by atoms with Gasteiger partial charge >= 0.3 is 5.97 Å². The zero-order valence-electron chi connectivity index (χ0n) is 11.5. The van der Waals surface area contributed by atoms with E-state index in [1.165, 1.54) is 38.5 Å². The Bertz CT molecular complexity index is 511. The molecular formula is C16H20BrNO2. The Morgan fingerprint density at radius 3 is 2.65 bits per heavy atom. The van der Waals surface area contributed by atoms with Crippen LogP contribution in [-0.4, -0.2) is 23.7 Å². The number of carboxylic acids is 1. The SMILES string of the molecule is O=C(O)c1c(Br)cccc1N1CCCC1C1CCCC1. The van der Waals surface area contributed by atoms with Gasteiger partial charge in [0.1, 0.15) is 0 Å². The van der Waals surface area contributed by atoms with Gasteiger partial charge in [-0.25, -0.2) is 4.79 Å². The Labute approximate surface area is 128 Å². The van der Waals surface area contributed by atoms with Gasteiger partial charge < -0.3 is 10.0 Å². The number of carbonyl (C=O) groups is 1. The highest BCUT2D eigenvalue weighted by atomic mass is 79.9. The molecule has 108 valence electrons. The number of anilines is 1. The molecule has 0 aromatic heterocycles. The first kappa shape index (κ1) is 13.9. The van der Waals surface area contributed by atoms with Gasteiger partial charge in [-0.15, -0.1) is 0 Å². The average molecular weight is 338 g/mol. The fourth-order valence-electron chi connectivity index (χ4n) is 3.89. The molecule has 3 rings (SSSR count). The molecule has 1 saturated heterocycles. The molecule has 20 heavy (non-hydrogen) atoms. The molecule has 2 fully saturated rings. The molecule has 1 aliphatic heterocycles. The lowest BCUT2D eigenvalue weighted by Gasteiger charge is -2.32. The maximum absolute atomic E-state index is 11.6. The van der Waals surface area contributed by atoms with Crippen LogP contribution in [0.5, 0.6) is 0 Å². The number of carboxylic acid groups (broad SMARTS) is 1. The predicted octanol–water partition coefficient (Wildman–Crippen LogP) is 4.31. The summed E-state index contributed by atoms with van der Waals surface area (Å²) in [6.45, 7) is 0.984. The standard InChI is InChI=1S/C16H20BrNO2/c17-12-7-3-8-14(15(12)16(19)20)18-10-4-9-13(18)11-5-1-2-6-11/h3,7-8,11,13H,1-2,4-6,9-10H2,(H,19,20). The Hall–Kier alpha value is -1.03. The van der Waals surface area contributed by atoms with Gasteiger partial charge in [-0.2, -0.15) is 0 Å². The Morgan fingerprint density at radius 2 is 1.95 bits per heavy atom. The van der Waals surface area contributed by atoms with E-state index in [2.05, 4.69) is 20.8 Å². The lowest BCUT2D eigenvalue weighted by Crippen LogP contribution is -2.35. The van der Waals surface area contributed by atoms with Gasteiger partial charge in [0.25, 0.3) is 0 Å². The fourth-order valence-corrected chi connectivity index (χ4v) is 4.41. The van der Waals surface area contributed by atoms with Crippen molar-refractivity contribution in [2.75, 3.05) is 11.4 Å². The zero-order valence-corrected chi connectivity index (χ0v) is 13.1. The van der Waals surface area contributed by atoms with Crippen molar-refractivity contribution in [3.63, 3.8) is 0 Å². The van der Waals surface area contributed by atoms with Crippen LogP contribution in [0, 0.1) is 5.92 Å². The zero-order chi connectivity index (χ0) is 14.1. The van der Waals surface area contributed by atoms with Gasteiger partial charge in [0.05, 0.1) is 11.3 Å². The van der Waals surface area contributed by atoms with Gasteiger partial charge in [-0.3, -0.25) is 0 Å². The Kier molecular flexibility index (Phi) is 4.01. The van der Waals surface area contributed by atoms with E-state index >= 15 is 0 Å². The first-order chi connectivity index (χ1) is 9.68. The summed E-state index contributed by atoms with van der Waals surface area (Å²) in [6, 6.07) is 6.25. The smallest absolute Gasteiger partial charge is 0.338 e. The molecule has 1 N–H and O–H groups in total. The first-order valence-electron chi connectivity index (χ1n) is 7.47. The fraction of sp³-hybridized carbons (Fsp3) is 0.562. The average Bonchev–Trinajstić information content (AvgIpc) is 3.08. The summed E-state index contributed by atoms with van der Waals surface area (Å²) in [4.78, 5) is 13.9. The predicted molar refractivity (Wildman–Crippen MR) is 83.4 cm³/mol. The molecule has 1 heterocycles. The summed E-state index contributed by atoms with van der Waals surface area (Å²) in [5, 5.41) is 9.50. The second-order valence-corrected chi connectivity index (χ2v) is 6.74. The van der Waals surface area contributed by atoms with Gasteiger partial charge in [-0.1, -0.05) is 18.9 Å². The summed E-state index contributed by atoms with van der Waals surface area (Å²) < 4.78 is 0.680. The highest BCUT2D eigenvalue weighted by Gasteiger charge is 2.35. The maximum atomic E-state index is 11.6. The van der Waals surface area contributed by atoms with Crippen molar-refractivity contribution < 1.29 is 9.90 Å². The monoisotopic (exact) mass is 337 g/mol. The number of aromatic carboxylic acids is 1. The van der Waals surface area contributed by atoms with Crippen LogP contribution in [0.3, 0.4) is 0 Å². The topological polar surface area (TPSA) is 40.5 Å². The molecule has 3 nitrogen and oxygen atoms in total. The van der Waals surface area contributed by atoms with Crippen LogP contribution in [0.15, 0.2) is 22.7 Å². The van der Waals surface area contributed by atoms with E-state index in [4.69, 9.17) is 0 Å². The third-order valence-electron chi connectivity index (χ3n) is 4.76. The molecule has 1 atom stereocenters. The number of benzene rings is 1. The van der Waals surface area contributed by atoms with Crippen LogP contribution >= 0.6 is 15.9 Å². The minimum Gasteiger partial charge on any atom is -0.478 e. The van der Waals surface area contributed by atoms with E-state index in [0.29, 0.717) is 16.1 Å². The van der Waals surface area contributed by atoms with Crippen LogP contribution in [0.1, 0.15) is 48.9 Å². The van der Waals surface area contributed by atoms with E-state index in [-0.39, 0.29) is 0 Å². The third-order valence-corrected chi connectivity index (χ3v) is 5.42. The van der Waals surface area contributed by atoms with E-state index in [0.717, 1.165) is 18.2 Å². The number of hydrogen-bond donors (Lipinski definition) is 1. The molecule has 0 bridgehead atoms. The van der Waals surface area contributed by atoms with Crippen molar-refractivity contribution in [1.82, 2.24) is 0 Å². The quantitative estimate of drug-likeness (QED) is 0.893. The number of hydrogen-bond acceptors (Lipinski definition) is 2. The third kappa shape index (κ3) is 2.46. The lowest BCUT2D eigenvalue weighted by atomic mass is 9.95. The van der Waals surface area contributed by atoms with Crippen molar-refractivity contribution in [3.05, 3.63) is 28.2 Å². The summed E-state index contributed by atoms with van der Waals surface area (Å²) in [7, 11) is 0. The summed E-state index contributed by atoms with van der Waals surface area (Å²) >= 11 is 3.39. The van der Waals surface area contributed by atoms with Gasteiger partial charge in [0.2, 0.25) is 0 Å². The van der Waals surface area contributed by atoms with Crippen molar-refractivity contribution in [1.29, 1.82) is 0 Å². The van der Waals surface area contributed by atoms with Crippen molar-refractivity contribution in [2.24, 2.45) is 5.92 Å². The summed E-state index contributed by atoms with van der Waals surface area (Å²) in [5.41, 5.74) is 1.30. The molecule has 1 unspecified atom stereocenters. The molecule has 0 radical (unpaired) electrons. The Balaban J connectivity index is 1.95. The minimum absolute atomic E-state index is 0.414. The van der Waals surface area contributed by atoms with E-state index in [1.54, 1.807) is 0 Å². The molecule has 1 aromatic carbocycles. The largest absolute Gasteiger partial charge is 0.478 e. The normalized spacial score (nSPS) is 23.4. The van der Waals surface area contributed by atoms with E-state index < -0.39 is 5.97 Å². The molecule has 0 amide bonds. The van der Waals surface area contributed by atoms with Crippen molar-refractivity contribution >= 4 is 27.6 Å². The number of halogens is 1. The van der Waals surface area contributed by atoms with Crippen LogP contribution in [-0.2, 0) is 0 Å². The summed E-state index contributed by atoms with van der Waals surface area (Å²) in [5.74, 6) is -0.0947. The summed E-state index contributed by atoms with van der Waals surface area (Å²) in [6.07, 6.45) is 7.65. The number of nitrogens with zero attached hydrogens (tertiary/aromatic N) is 1. The molecule has 1 aliphatic carbocycles.